The maximum absolute atomic E-state index is 12.6. The van der Waals surface area contributed by atoms with E-state index < -0.39 is 23.4 Å². The third kappa shape index (κ3) is 2.55. The Labute approximate surface area is 136 Å². The van der Waals surface area contributed by atoms with Crippen LogP contribution in [0.1, 0.15) is 23.0 Å². The van der Waals surface area contributed by atoms with Crippen LogP contribution in [0.2, 0.25) is 5.02 Å². The monoisotopic (exact) mass is 332 g/mol. The van der Waals surface area contributed by atoms with E-state index in [1.165, 1.54) is 12.3 Å². The van der Waals surface area contributed by atoms with Crippen molar-refractivity contribution in [3.05, 3.63) is 58.9 Å². The van der Waals surface area contributed by atoms with E-state index in [4.69, 9.17) is 11.6 Å². The van der Waals surface area contributed by atoms with Gasteiger partial charge in [-0.2, -0.15) is 5.01 Å². The molecule has 0 aliphatic carbocycles. The second-order valence-electron chi connectivity index (χ2n) is 5.23. The maximum atomic E-state index is 12.6. The van der Waals surface area contributed by atoms with Gasteiger partial charge in [0, 0.05) is 6.20 Å². The zero-order chi connectivity index (χ0) is 16.6. The molecule has 23 heavy (non-hydrogen) atoms. The minimum Gasteiger partial charge on any atom is -0.356 e. The number of aromatic amines is 1. The number of H-pyrrole nitrogens is 1. The molecular weight excluding hydrogens is 320 g/mol. The molecule has 1 aromatic heterocycles. The van der Waals surface area contributed by atoms with Gasteiger partial charge in [-0.05, 0) is 18.6 Å². The molecule has 3 N–H and O–H groups in total. The third-order valence-electron chi connectivity index (χ3n) is 3.65. The van der Waals surface area contributed by atoms with Gasteiger partial charge in [0.1, 0.15) is 11.2 Å². The molecule has 2 aromatic rings. The summed E-state index contributed by atoms with van der Waals surface area (Å²) in [6, 6.07) is 9.49. The molecule has 2 heterocycles. The molecule has 1 atom stereocenters. The van der Waals surface area contributed by atoms with Crippen LogP contribution >= 0.6 is 11.6 Å². The molecule has 1 aliphatic rings. The van der Waals surface area contributed by atoms with Gasteiger partial charge in [-0.1, -0.05) is 41.9 Å². The van der Waals surface area contributed by atoms with Gasteiger partial charge in [0.25, 0.3) is 11.8 Å². The van der Waals surface area contributed by atoms with Crippen molar-refractivity contribution in [2.45, 2.75) is 12.5 Å². The summed E-state index contributed by atoms with van der Waals surface area (Å²) >= 11 is 5.73. The topological polar surface area (TPSA) is 94.3 Å². The number of carbonyl (C=O) groups excluding carboxylic acids is 3. The molecule has 0 bridgehead atoms. The fraction of sp³-hybridized carbons (Fsp3) is 0.133. The van der Waals surface area contributed by atoms with E-state index in [1.54, 1.807) is 31.2 Å². The molecular formula is C15H13ClN4O3. The molecule has 4 amide bonds. The summed E-state index contributed by atoms with van der Waals surface area (Å²) in [6.45, 7) is 1.58. The van der Waals surface area contributed by atoms with E-state index in [1.807, 2.05) is 6.07 Å². The number of hydrogen-bond donors (Lipinski definition) is 3. The highest BCUT2D eigenvalue weighted by Gasteiger charge is 2.50. The van der Waals surface area contributed by atoms with Crippen LogP contribution in [0.25, 0.3) is 0 Å². The van der Waals surface area contributed by atoms with E-state index in [2.05, 4.69) is 15.7 Å². The average Bonchev–Trinajstić information content (AvgIpc) is 3.06. The van der Waals surface area contributed by atoms with E-state index >= 15 is 0 Å². The Morgan fingerprint density at radius 3 is 2.57 bits per heavy atom. The fourth-order valence-electron chi connectivity index (χ4n) is 2.37. The van der Waals surface area contributed by atoms with Gasteiger partial charge in [-0.3, -0.25) is 15.0 Å². The minimum atomic E-state index is -1.24. The summed E-state index contributed by atoms with van der Waals surface area (Å²) in [4.78, 5) is 39.4. The molecule has 0 spiro atoms. The Balaban J connectivity index is 1.83. The smallest absolute Gasteiger partial charge is 0.344 e. The summed E-state index contributed by atoms with van der Waals surface area (Å²) in [5.41, 5.74) is 1.80. The SMILES string of the molecule is C[C@]1(c2ccccc2)NC(=O)N(NC(=O)c2cc(Cl)c[nH]2)C1=O. The number of aromatic nitrogens is 1. The number of carbonyl (C=O) groups is 3. The molecule has 118 valence electrons. The Morgan fingerprint density at radius 2 is 1.96 bits per heavy atom. The van der Waals surface area contributed by atoms with Gasteiger partial charge in [0.2, 0.25) is 0 Å². The number of hydrogen-bond acceptors (Lipinski definition) is 3. The zero-order valence-corrected chi connectivity index (χ0v) is 12.8. The van der Waals surface area contributed by atoms with Gasteiger partial charge in [0.15, 0.2) is 0 Å². The van der Waals surface area contributed by atoms with Crippen LogP contribution < -0.4 is 10.7 Å². The predicted octanol–water partition coefficient (Wildman–Crippen LogP) is 1.78. The quantitative estimate of drug-likeness (QED) is 0.748. The minimum absolute atomic E-state index is 0.143. The van der Waals surface area contributed by atoms with Crippen molar-refractivity contribution in [2.24, 2.45) is 0 Å². The lowest BCUT2D eigenvalue weighted by molar-refractivity contribution is -0.132. The number of nitrogens with zero attached hydrogens (tertiary/aromatic N) is 1. The Bertz CT molecular complexity index is 789. The standard InChI is InChI=1S/C15H13ClN4O3/c1-15(9-5-3-2-4-6-9)13(22)20(14(23)18-15)19-12(21)11-7-10(16)8-17-11/h2-8,17H,1H3,(H,18,23)(H,19,21)/t15-/m1/s1. The van der Waals surface area contributed by atoms with Crippen molar-refractivity contribution in [3.8, 4) is 0 Å². The van der Waals surface area contributed by atoms with E-state index in [9.17, 15) is 14.4 Å². The van der Waals surface area contributed by atoms with Gasteiger partial charge in [0.05, 0.1) is 5.02 Å². The molecule has 7 nitrogen and oxygen atoms in total. The van der Waals surface area contributed by atoms with E-state index in [-0.39, 0.29) is 5.69 Å². The predicted molar refractivity (Wildman–Crippen MR) is 82.4 cm³/mol. The molecule has 0 saturated carbocycles. The van der Waals surface area contributed by atoms with Crippen LogP contribution in [0.15, 0.2) is 42.6 Å². The van der Waals surface area contributed by atoms with Crippen molar-refractivity contribution in [1.82, 2.24) is 20.7 Å². The first-order chi connectivity index (χ1) is 10.9. The molecule has 1 fully saturated rings. The number of urea groups is 1. The molecule has 3 rings (SSSR count). The first-order valence-electron chi connectivity index (χ1n) is 6.79. The number of rotatable bonds is 3. The first kappa shape index (κ1) is 15.1. The summed E-state index contributed by atoms with van der Waals surface area (Å²) in [5.74, 6) is -1.21. The van der Waals surface area contributed by atoms with Crippen LogP contribution in [-0.2, 0) is 10.3 Å². The second kappa shape index (κ2) is 5.44. The number of nitrogens with one attached hydrogen (secondary N) is 3. The van der Waals surface area contributed by atoms with Gasteiger partial charge < -0.3 is 10.3 Å². The Morgan fingerprint density at radius 1 is 1.26 bits per heavy atom. The largest absolute Gasteiger partial charge is 0.356 e. The van der Waals surface area contributed by atoms with Crippen molar-refractivity contribution in [1.29, 1.82) is 0 Å². The number of halogens is 1. The van der Waals surface area contributed by atoms with Crippen LogP contribution in [-0.4, -0.2) is 27.8 Å². The fourth-order valence-corrected chi connectivity index (χ4v) is 2.53. The van der Waals surface area contributed by atoms with Crippen LogP contribution in [0.3, 0.4) is 0 Å². The third-order valence-corrected chi connectivity index (χ3v) is 3.87. The Kier molecular flexibility index (Phi) is 3.57. The molecule has 1 saturated heterocycles. The number of amides is 4. The lowest BCUT2D eigenvalue weighted by Crippen LogP contribution is -2.48. The van der Waals surface area contributed by atoms with Gasteiger partial charge in [-0.25, -0.2) is 4.79 Å². The average molecular weight is 333 g/mol. The van der Waals surface area contributed by atoms with Crippen LogP contribution in [0.5, 0.6) is 0 Å². The summed E-state index contributed by atoms with van der Waals surface area (Å²) in [7, 11) is 0. The first-order valence-corrected chi connectivity index (χ1v) is 7.17. The highest BCUT2D eigenvalue weighted by Crippen LogP contribution is 2.27. The van der Waals surface area contributed by atoms with Crippen molar-refractivity contribution in [3.63, 3.8) is 0 Å². The molecule has 0 radical (unpaired) electrons. The summed E-state index contributed by atoms with van der Waals surface area (Å²) < 4.78 is 0. The van der Waals surface area contributed by atoms with Crippen molar-refractivity contribution < 1.29 is 14.4 Å². The molecule has 1 aliphatic heterocycles. The number of benzene rings is 1. The lowest BCUT2D eigenvalue weighted by atomic mass is 9.92. The zero-order valence-electron chi connectivity index (χ0n) is 12.1. The summed E-state index contributed by atoms with van der Waals surface area (Å²) in [5, 5.41) is 3.61. The van der Waals surface area contributed by atoms with E-state index in [0.29, 0.717) is 15.6 Å². The van der Waals surface area contributed by atoms with Crippen LogP contribution in [0.4, 0.5) is 4.79 Å². The van der Waals surface area contributed by atoms with Crippen molar-refractivity contribution in [2.75, 3.05) is 0 Å². The Hall–Kier alpha value is -2.80. The highest BCUT2D eigenvalue weighted by atomic mass is 35.5. The van der Waals surface area contributed by atoms with Crippen molar-refractivity contribution >= 4 is 29.4 Å². The highest BCUT2D eigenvalue weighted by molar-refractivity contribution is 6.31. The second-order valence-corrected chi connectivity index (χ2v) is 5.67. The molecule has 0 unspecified atom stereocenters. The lowest BCUT2D eigenvalue weighted by Gasteiger charge is -2.21. The maximum Gasteiger partial charge on any atom is 0.344 e. The molecule has 8 heteroatoms. The van der Waals surface area contributed by atoms with Crippen LogP contribution in [0, 0.1) is 0 Å². The van der Waals surface area contributed by atoms with E-state index in [0.717, 1.165) is 0 Å². The van der Waals surface area contributed by atoms with Gasteiger partial charge in [-0.15, -0.1) is 0 Å². The number of imide groups is 1. The normalized spacial score (nSPS) is 20.5. The number of hydrazine groups is 1. The van der Waals surface area contributed by atoms with Gasteiger partial charge >= 0.3 is 6.03 Å². The molecule has 1 aromatic carbocycles. The summed E-state index contributed by atoms with van der Waals surface area (Å²) in [6.07, 6.45) is 1.43.